The molecule has 118 valence electrons. The number of piperazine rings is 1. The van der Waals surface area contributed by atoms with E-state index in [1.54, 1.807) is 0 Å². The highest BCUT2D eigenvalue weighted by Gasteiger charge is 2.31. The average molecular weight is 301 g/mol. The van der Waals surface area contributed by atoms with Crippen molar-refractivity contribution in [2.75, 3.05) is 26.2 Å². The van der Waals surface area contributed by atoms with Gasteiger partial charge in [-0.05, 0) is 19.4 Å². The van der Waals surface area contributed by atoms with Crippen LogP contribution in [0, 0.1) is 0 Å². The summed E-state index contributed by atoms with van der Waals surface area (Å²) in [5, 5.41) is 4.03. The zero-order valence-corrected chi connectivity index (χ0v) is 13.2. The molecular formula is C17H23N3O2. The van der Waals surface area contributed by atoms with Gasteiger partial charge in [-0.2, -0.15) is 0 Å². The van der Waals surface area contributed by atoms with Crippen molar-refractivity contribution in [3.05, 3.63) is 35.9 Å². The van der Waals surface area contributed by atoms with Gasteiger partial charge in [0.2, 0.25) is 0 Å². The molecule has 0 radical (unpaired) electrons. The first-order chi connectivity index (χ1) is 10.6. The Bertz CT molecular complexity index is 548. The molecule has 2 heterocycles. The van der Waals surface area contributed by atoms with Crippen LogP contribution in [-0.2, 0) is 9.63 Å². The maximum absolute atomic E-state index is 12.6. The molecule has 1 saturated heterocycles. The summed E-state index contributed by atoms with van der Waals surface area (Å²) in [6, 6.07) is 10.5. The highest BCUT2D eigenvalue weighted by molar-refractivity contribution is 6.39. The van der Waals surface area contributed by atoms with Crippen LogP contribution in [0.15, 0.2) is 35.5 Å². The quantitative estimate of drug-likeness (QED) is 0.858. The third-order valence-electron chi connectivity index (χ3n) is 4.42. The lowest BCUT2D eigenvalue weighted by Crippen LogP contribution is -2.52. The van der Waals surface area contributed by atoms with Gasteiger partial charge in [0.05, 0.1) is 0 Å². The van der Waals surface area contributed by atoms with E-state index in [1.807, 2.05) is 35.2 Å². The third kappa shape index (κ3) is 3.14. The zero-order chi connectivity index (χ0) is 15.5. The van der Waals surface area contributed by atoms with Gasteiger partial charge in [-0.1, -0.05) is 35.5 Å². The number of benzene rings is 1. The van der Waals surface area contributed by atoms with Gasteiger partial charge in [0.25, 0.3) is 5.91 Å². The maximum atomic E-state index is 12.6. The highest BCUT2D eigenvalue weighted by atomic mass is 16.6. The minimum absolute atomic E-state index is 0.0295. The summed E-state index contributed by atoms with van der Waals surface area (Å²) in [5.74, 6) is 0.0295. The monoisotopic (exact) mass is 301 g/mol. The van der Waals surface area contributed by atoms with E-state index in [9.17, 15) is 4.79 Å². The first-order valence-electron chi connectivity index (χ1n) is 7.96. The molecule has 5 heteroatoms. The van der Waals surface area contributed by atoms with E-state index in [0.717, 1.165) is 31.7 Å². The predicted molar refractivity (Wildman–Crippen MR) is 85.6 cm³/mol. The fourth-order valence-corrected chi connectivity index (χ4v) is 2.97. The zero-order valence-electron chi connectivity index (χ0n) is 13.2. The number of amides is 1. The first-order valence-corrected chi connectivity index (χ1v) is 7.96. The lowest BCUT2D eigenvalue weighted by Gasteiger charge is -2.36. The molecule has 0 aliphatic carbocycles. The van der Waals surface area contributed by atoms with E-state index in [0.29, 0.717) is 18.2 Å². The van der Waals surface area contributed by atoms with Gasteiger partial charge >= 0.3 is 0 Å². The molecule has 1 amide bonds. The molecule has 1 aromatic carbocycles. The number of rotatable bonds is 3. The van der Waals surface area contributed by atoms with E-state index in [1.165, 1.54) is 0 Å². The number of hydrogen-bond acceptors (Lipinski definition) is 4. The van der Waals surface area contributed by atoms with Crippen LogP contribution in [0.5, 0.6) is 0 Å². The molecule has 1 aromatic rings. The molecule has 0 saturated carbocycles. The molecule has 2 aliphatic rings. The summed E-state index contributed by atoms with van der Waals surface area (Å²) >= 11 is 0. The fraction of sp³-hybridized carbons (Fsp3) is 0.529. The summed E-state index contributed by atoms with van der Waals surface area (Å²) in [6.45, 7) is 7.78. The van der Waals surface area contributed by atoms with Gasteiger partial charge in [-0.3, -0.25) is 9.69 Å². The molecule has 22 heavy (non-hydrogen) atoms. The molecule has 3 rings (SSSR count). The van der Waals surface area contributed by atoms with E-state index >= 15 is 0 Å². The largest absolute Gasteiger partial charge is 0.387 e. The standard InChI is InChI=1S/C17H23N3O2/c1-13(2)19-8-10-20(11-9-19)17(21)15-12-16(22-18-15)14-6-4-3-5-7-14/h3-7,13,16H,8-12H2,1-2H3. The molecule has 5 nitrogen and oxygen atoms in total. The van der Waals surface area contributed by atoms with Crippen LogP contribution >= 0.6 is 0 Å². The summed E-state index contributed by atoms with van der Waals surface area (Å²) in [7, 11) is 0. The maximum Gasteiger partial charge on any atom is 0.271 e. The molecule has 0 aromatic heterocycles. The van der Waals surface area contributed by atoms with Crippen LogP contribution in [0.1, 0.15) is 31.9 Å². The molecule has 0 bridgehead atoms. The lowest BCUT2D eigenvalue weighted by molar-refractivity contribution is -0.126. The predicted octanol–water partition coefficient (Wildman–Crippen LogP) is 2.06. The van der Waals surface area contributed by atoms with Crippen molar-refractivity contribution in [2.24, 2.45) is 5.16 Å². The molecule has 0 N–H and O–H groups in total. The molecule has 0 spiro atoms. The number of carbonyl (C=O) groups excluding carboxylic acids is 1. The Balaban J connectivity index is 1.56. The van der Waals surface area contributed by atoms with Crippen LogP contribution in [0.25, 0.3) is 0 Å². The van der Waals surface area contributed by atoms with Crippen LogP contribution < -0.4 is 0 Å². The van der Waals surface area contributed by atoms with Gasteiger partial charge in [-0.25, -0.2) is 0 Å². The Morgan fingerprint density at radius 2 is 1.86 bits per heavy atom. The Hall–Kier alpha value is -1.88. The van der Waals surface area contributed by atoms with Crippen LogP contribution in [0.3, 0.4) is 0 Å². The van der Waals surface area contributed by atoms with E-state index in [-0.39, 0.29) is 12.0 Å². The normalized spacial score (nSPS) is 22.6. The number of hydrogen-bond donors (Lipinski definition) is 0. The van der Waals surface area contributed by atoms with Gasteiger partial charge in [0.15, 0.2) is 6.10 Å². The topological polar surface area (TPSA) is 45.1 Å². The number of oxime groups is 1. The highest BCUT2D eigenvalue weighted by Crippen LogP contribution is 2.27. The van der Waals surface area contributed by atoms with Crippen molar-refractivity contribution in [2.45, 2.75) is 32.4 Å². The van der Waals surface area contributed by atoms with Gasteiger partial charge in [0.1, 0.15) is 5.71 Å². The van der Waals surface area contributed by atoms with Crippen LogP contribution in [0.2, 0.25) is 0 Å². The Morgan fingerprint density at radius 1 is 1.18 bits per heavy atom. The molecule has 1 fully saturated rings. The third-order valence-corrected chi connectivity index (χ3v) is 4.42. The Kier molecular flexibility index (Phi) is 4.43. The summed E-state index contributed by atoms with van der Waals surface area (Å²) in [5.41, 5.74) is 1.62. The molecule has 2 aliphatic heterocycles. The summed E-state index contributed by atoms with van der Waals surface area (Å²) in [6.07, 6.45) is 0.435. The minimum Gasteiger partial charge on any atom is -0.387 e. The fourth-order valence-electron chi connectivity index (χ4n) is 2.97. The van der Waals surface area contributed by atoms with Gasteiger partial charge in [-0.15, -0.1) is 0 Å². The van der Waals surface area contributed by atoms with Crippen molar-refractivity contribution in [3.63, 3.8) is 0 Å². The van der Waals surface area contributed by atoms with E-state index in [2.05, 4.69) is 23.9 Å². The summed E-state index contributed by atoms with van der Waals surface area (Å²) < 4.78 is 0. The number of nitrogens with zero attached hydrogens (tertiary/aromatic N) is 3. The SMILES string of the molecule is CC(C)N1CCN(C(=O)C2=NOC(c3ccccc3)C2)CC1. The lowest BCUT2D eigenvalue weighted by atomic mass is 10.0. The smallest absolute Gasteiger partial charge is 0.271 e. The Morgan fingerprint density at radius 3 is 2.50 bits per heavy atom. The molecule has 1 atom stereocenters. The van der Waals surface area contributed by atoms with Crippen molar-refractivity contribution < 1.29 is 9.63 Å². The van der Waals surface area contributed by atoms with Crippen LogP contribution in [0.4, 0.5) is 0 Å². The second-order valence-corrected chi connectivity index (χ2v) is 6.17. The second kappa shape index (κ2) is 6.48. The van der Waals surface area contributed by atoms with Crippen molar-refractivity contribution >= 4 is 11.6 Å². The van der Waals surface area contributed by atoms with E-state index in [4.69, 9.17) is 4.84 Å². The van der Waals surface area contributed by atoms with Gasteiger partial charge in [0, 0.05) is 38.6 Å². The van der Waals surface area contributed by atoms with Gasteiger partial charge < -0.3 is 9.74 Å². The Labute approximate surface area is 131 Å². The van der Waals surface area contributed by atoms with Crippen molar-refractivity contribution in [1.82, 2.24) is 9.80 Å². The number of carbonyl (C=O) groups is 1. The van der Waals surface area contributed by atoms with E-state index < -0.39 is 0 Å². The van der Waals surface area contributed by atoms with Crippen molar-refractivity contribution in [1.29, 1.82) is 0 Å². The minimum atomic E-state index is -0.128. The first kappa shape index (κ1) is 15.0. The van der Waals surface area contributed by atoms with Crippen LogP contribution in [-0.4, -0.2) is 53.6 Å². The second-order valence-electron chi connectivity index (χ2n) is 6.17. The molecule has 1 unspecified atom stereocenters. The summed E-state index contributed by atoms with van der Waals surface area (Å²) in [4.78, 5) is 22.3. The van der Waals surface area contributed by atoms with Crippen molar-refractivity contribution in [3.8, 4) is 0 Å². The molecular weight excluding hydrogens is 278 g/mol. The average Bonchev–Trinajstić information content (AvgIpc) is 3.05.